The van der Waals surface area contributed by atoms with Gasteiger partial charge >= 0.3 is 0 Å². The SMILES string of the molecule is N#CC1(C#N)Cc2c(Br)c(Br)c(Br)c(Br)c2CC1(C#N)C#N. The van der Waals surface area contributed by atoms with Crippen LogP contribution < -0.4 is 0 Å². The zero-order valence-corrected chi connectivity index (χ0v) is 17.1. The summed E-state index contributed by atoms with van der Waals surface area (Å²) in [5, 5.41) is 38.1. The third kappa shape index (κ3) is 2.14. The van der Waals surface area contributed by atoms with E-state index in [0.29, 0.717) is 8.95 Å². The number of halogens is 4. The first-order valence-electron chi connectivity index (χ1n) is 5.81. The van der Waals surface area contributed by atoms with E-state index in [-0.39, 0.29) is 12.8 Å². The molecule has 0 unspecified atom stereocenters. The molecule has 4 nitrogen and oxygen atoms in total. The molecule has 108 valence electrons. The van der Waals surface area contributed by atoms with Crippen LogP contribution in [0.15, 0.2) is 17.9 Å². The normalized spacial score (nSPS) is 17.3. The number of benzene rings is 1. The van der Waals surface area contributed by atoms with Gasteiger partial charge in [-0.3, -0.25) is 0 Å². The second kappa shape index (κ2) is 5.95. The third-order valence-electron chi connectivity index (χ3n) is 3.85. The van der Waals surface area contributed by atoms with Crippen LogP contribution in [0.25, 0.3) is 0 Å². The molecule has 22 heavy (non-hydrogen) atoms. The minimum Gasteiger partial charge on any atom is -0.196 e. The van der Waals surface area contributed by atoms with Crippen LogP contribution in [-0.2, 0) is 12.8 Å². The van der Waals surface area contributed by atoms with Crippen molar-refractivity contribution >= 4 is 63.7 Å². The predicted octanol–water partition coefficient (Wildman–Crippen LogP) is 4.90. The van der Waals surface area contributed by atoms with E-state index < -0.39 is 10.8 Å². The van der Waals surface area contributed by atoms with Gasteiger partial charge in [-0.15, -0.1) is 0 Å². The molecule has 0 atom stereocenters. The Balaban J connectivity index is 2.90. The summed E-state index contributed by atoms with van der Waals surface area (Å²) >= 11 is 13.8. The summed E-state index contributed by atoms with van der Waals surface area (Å²) in [5.41, 5.74) is -1.94. The maximum absolute atomic E-state index is 9.53. The first-order chi connectivity index (χ1) is 10.3. The summed E-state index contributed by atoms with van der Waals surface area (Å²) in [5.74, 6) is 0. The molecule has 0 spiro atoms. The fraction of sp³-hybridized carbons (Fsp3) is 0.286. The molecule has 2 rings (SSSR count). The highest BCUT2D eigenvalue weighted by molar-refractivity contribution is 9.15. The fourth-order valence-electron chi connectivity index (χ4n) is 2.51. The Morgan fingerprint density at radius 3 is 1.09 bits per heavy atom. The summed E-state index contributed by atoms with van der Waals surface area (Å²) in [6.07, 6.45) is 0.00301. The second-order valence-corrected chi connectivity index (χ2v) is 8.00. The van der Waals surface area contributed by atoms with Crippen molar-refractivity contribution in [1.29, 1.82) is 21.0 Å². The van der Waals surface area contributed by atoms with Gasteiger partial charge < -0.3 is 0 Å². The molecule has 1 aromatic carbocycles. The van der Waals surface area contributed by atoms with Crippen molar-refractivity contribution in [2.24, 2.45) is 10.8 Å². The average Bonchev–Trinajstić information content (AvgIpc) is 2.56. The summed E-state index contributed by atoms with van der Waals surface area (Å²) in [6, 6.07) is 7.65. The lowest BCUT2D eigenvalue weighted by atomic mass is 9.57. The summed E-state index contributed by atoms with van der Waals surface area (Å²) in [4.78, 5) is 0. The Morgan fingerprint density at radius 2 is 0.864 bits per heavy atom. The summed E-state index contributed by atoms with van der Waals surface area (Å²) in [7, 11) is 0. The Bertz CT molecular complexity index is 749. The van der Waals surface area contributed by atoms with E-state index >= 15 is 0 Å². The molecule has 0 fully saturated rings. The highest BCUT2D eigenvalue weighted by atomic mass is 79.9. The number of nitriles is 4. The number of nitrogens with zero attached hydrogens (tertiary/aromatic N) is 4. The van der Waals surface area contributed by atoms with Crippen LogP contribution in [0.5, 0.6) is 0 Å². The van der Waals surface area contributed by atoms with Gasteiger partial charge in [0.15, 0.2) is 10.8 Å². The molecule has 0 aromatic heterocycles. The van der Waals surface area contributed by atoms with Crippen LogP contribution in [0.1, 0.15) is 11.1 Å². The van der Waals surface area contributed by atoms with Crippen LogP contribution in [0.4, 0.5) is 0 Å². The Labute approximate surface area is 160 Å². The van der Waals surface area contributed by atoms with Crippen molar-refractivity contribution in [3.05, 3.63) is 29.0 Å². The lowest BCUT2D eigenvalue weighted by Crippen LogP contribution is -2.45. The van der Waals surface area contributed by atoms with Gasteiger partial charge in [-0.05, 0) is 74.8 Å². The van der Waals surface area contributed by atoms with Crippen molar-refractivity contribution in [2.75, 3.05) is 0 Å². The molecule has 0 saturated heterocycles. The lowest BCUT2D eigenvalue weighted by molar-refractivity contribution is 0.273. The quantitative estimate of drug-likeness (QED) is 0.341. The number of hydrogen-bond donors (Lipinski definition) is 0. The Kier molecular flexibility index (Phi) is 4.72. The summed E-state index contributed by atoms with van der Waals surface area (Å²) in [6.45, 7) is 0. The zero-order valence-electron chi connectivity index (χ0n) is 10.7. The molecule has 1 aliphatic rings. The maximum Gasteiger partial charge on any atom is 0.179 e. The van der Waals surface area contributed by atoms with Crippen molar-refractivity contribution in [3.63, 3.8) is 0 Å². The van der Waals surface area contributed by atoms with Gasteiger partial charge in [0, 0.05) is 30.7 Å². The molecule has 0 aliphatic heterocycles. The van der Waals surface area contributed by atoms with Crippen molar-refractivity contribution in [3.8, 4) is 24.3 Å². The molecule has 0 radical (unpaired) electrons. The topological polar surface area (TPSA) is 95.2 Å². The molecule has 0 heterocycles. The monoisotopic (exact) mass is 544 g/mol. The zero-order chi connectivity index (χ0) is 16.7. The highest BCUT2D eigenvalue weighted by Gasteiger charge is 2.58. The van der Waals surface area contributed by atoms with Crippen LogP contribution >= 0.6 is 63.7 Å². The first kappa shape index (κ1) is 17.5. The standard InChI is InChI=1S/C14H4Br4N4/c15-9-7-1-13(3-19,4-20)14(5-21,6-22)2-8(7)10(16)12(18)11(9)17/h1-2H2. The molecular formula is C14H4Br4N4. The van der Waals surface area contributed by atoms with Gasteiger partial charge in [0.2, 0.25) is 0 Å². The van der Waals surface area contributed by atoms with Crippen LogP contribution in [0.3, 0.4) is 0 Å². The number of hydrogen-bond acceptors (Lipinski definition) is 4. The third-order valence-corrected chi connectivity index (χ3v) is 8.78. The predicted molar refractivity (Wildman–Crippen MR) is 92.0 cm³/mol. The molecule has 8 heteroatoms. The van der Waals surface area contributed by atoms with Gasteiger partial charge in [-0.1, -0.05) is 0 Å². The van der Waals surface area contributed by atoms with E-state index in [1.807, 2.05) is 24.3 Å². The van der Waals surface area contributed by atoms with Crippen molar-refractivity contribution < 1.29 is 0 Å². The fourth-order valence-corrected chi connectivity index (χ4v) is 5.08. The Morgan fingerprint density at radius 1 is 0.591 bits per heavy atom. The molecular weight excluding hydrogens is 544 g/mol. The number of fused-ring (bicyclic) bond motifs is 1. The van der Waals surface area contributed by atoms with Crippen LogP contribution in [-0.4, -0.2) is 0 Å². The Hall–Kier alpha value is -0.900. The number of rotatable bonds is 0. The van der Waals surface area contributed by atoms with Crippen LogP contribution in [0, 0.1) is 56.2 Å². The second-order valence-electron chi connectivity index (χ2n) is 4.82. The summed E-state index contributed by atoms with van der Waals surface area (Å²) < 4.78 is 2.89. The van der Waals surface area contributed by atoms with Crippen molar-refractivity contribution in [2.45, 2.75) is 12.8 Å². The van der Waals surface area contributed by atoms with Gasteiger partial charge in [-0.25, -0.2) is 0 Å². The molecule has 0 amide bonds. The van der Waals surface area contributed by atoms with Crippen LogP contribution in [0.2, 0.25) is 0 Å². The maximum atomic E-state index is 9.53. The van der Waals surface area contributed by atoms with Gasteiger partial charge in [0.25, 0.3) is 0 Å². The molecule has 0 bridgehead atoms. The van der Waals surface area contributed by atoms with E-state index in [1.54, 1.807) is 0 Å². The molecule has 0 saturated carbocycles. The molecule has 0 N–H and O–H groups in total. The minimum atomic E-state index is -1.71. The van der Waals surface area contributed by atoms with Gasteiger partial charge in [0.05, 0.1) is 24.3 Å². The lowest BCUT2D eigenvalue weighted by Gasteiger charge is -2.38. The van der Waals surface area contributed by atoms with E-state index in [4.69, 9.17) is 0 Å². The van der Waals surface area contributed by atoms with Gasteiger partial charge in [0.1, 0.15) is 0 Å². The van der Waals surface area contributed by atoms with E-state index in [1.165, 1.54) is 0 Å². The molecule has 1 aromatic rings. The van der Waals surface area contributed by atoms with Crippen molar-refractivity contribution in [1.82, 2.24) is 0 Å². The molecule has 1 aliphatic carbocycles. The minimum absolute atomic E-state index is 0.00150. The van der Waals surface area contributed by atoms with E-state index in [0.717, 1.165) is 20.1 Å². The highest BCUT2D eigenvalue weighted by Crippen LogP contribution is 2.54. The smallest absolute Gasteiger partial charge is 0.179 e. The van der Waals surface area contributed by atoms with Gasteiger partial charge in [-0.2, -0.15) is 21.0 Å². The average molecular weight is 548 g/mol. The van der Waals surface area contributed by atoms with E-state index in [9.17, 15) is 21.0 Å². The first-order valence-corrected chi connectivity index (χ1v) is 8.99. The van der Waals surface area contributed by atoms with E-state index in [2.05, 4.69) is 63.7 Å². The largest absolute Gasteiger partial charge is 0.196 e.